The van der Waals surface area contributed by atoms with E-state index in [1.165, 1.54) is 11.9 Å². The number of anilines is 1. The average Bonchev–Trinajstić information content (AvgIpc) is 2.37. The summed E-state index contributed by atoms with van der Waals surface area (Å²) in [4.78, 5) is 8.07. The Hall–Kier alpha value is -1.75. The summed E-state index contributed by atoms with van der Waals surface area (Å²) in [5.41, 5.74) is 6.94. The van der Waals surface area contributed by atoms with E-state index in [0.717, 1.165) is 10.8 Å². The van der Waals surface area contributed by atoms with Crippen molar-refractivity contribution in [1.82, 2.24) is 9.97 Å². The first kappa shape index (κ1) is 11.7. The van der Waals surface area contributed by atoms with E-state index in [1.807, 2.05) is 18.2 Å². The molecule has 1 heterocycles. The molecule has 2 N–H and O–H groups in total. The van der Waals surface area contributed by atoms with Crippen LogP contribution in [0.15, 0.2) is 41.7 Å². The van der Waals surface area contributed by atoms with Crippen molar-refractivity contribution in [3.63, 3.8) is 0 Å². The first-order chi connectivity index (χ1) is 8.31. The van der Waals surface area contributed by atoms with Gasteiger partial charge in [-0.3, -0.25) is 0 Å². The van der Waals surface area contributed by atoms with Crippen molar-refractivity contribution < 1.29 is 4.74 Å². The van der Waals surface area contributed by atoms with E-state index in [4.69, 9.17) is 10.5 Å². The Balaban J connectivity index is 2.12. The topological polar surface area (TPSA) is 61.0 Å². The van der Waals surface area contributed by atoms with Crippen molar-refractivity contribution in [1.29, 1.82) is 0 Å². The molecule has 0 aliphatic heterocycles. The van der Waals surface area contributed by atoms with Gasteiger partial charge in [0, 0.05) is 5.75 Å². The van der Waals surface area contributed by atoms with Crippen LogP contribution in [0.4, 0.5) is 5.82 Å². The van der Waals surface area contributed by atoms with Gasteiger partial charge in [-0.05, 0) is 5.56 Å². The average molecular weight is 247 g/mol. The highest BCUT2D eigenvalue weighted by Gasteiger charge is 2.09. The van der Waals surface area contributed by atoms with Crippen molar-refractivity contribution in [3.05, 3.63) is 42.2 Å². The molecule has 1 aromatic heterocycles. The number of rotatable bonds is 4. The quantitative estimate of drug-likeness (QED) is 0.664. The van der Waals surface area contributed by atoms with Crippen LogP contribution in [0.25, 0.3) is 0 Å². The second kappa shape index (κ2) is 5.54. The fourth-order valence-corrected chi connectivity index (χ4v) is 2.33. The normalized spacial score (nSPS) is 10.2. The van der Waals surface area contributed by atoms with Gasteiger partial charge in [-0.2, -0.15) is 0 Å². The first-order valence-electron chi connectivity index (χ1n) is 5.12. The number of hydrogen-bond donors (Lipinski definition) is 1. The molecular formula is C12H13N3OS. The van der Waals surface area contributed by atoms with Crippen LogP contribution in [-0.2, 0) is 5.75 Å². The van der Waals surface area contributed by atoms with E-state index in [0.29, 0.717) is 11.6 Å². The molecule has 0 aliphatic carbocycles. The summed E-state index contributed by atoms with van der Waals surface area (Å²) in [6.45, 7) is 0. The maximum Gasteiger partial charge on any atom is 0.193 e. The molecule has 5 heteroatoms. The molecule has 0 fully saturated rings. The number of nitrogen functional groups attached to an aromatic ring is 1. The summed E-state index contributed by atoms with van der Waals surface area (Å²) >= 11 is 1.58. The van der Waals surface area contributed by atoms with Gasteiger partial charge in [0.15, 0.2) is 11.6 Å². The highest BCUT2D eigenvalue weighted by Crippen LogP contribution is 2.32. The Morgan fingerprint density at radius 2 is 2.00 bits per heavy atom. The molecule has 4 nitrogen and oxygen atoms in total. The number of methoxy groups -OCH3 is 1. The Morgan fingerprint density at radius 1 is 1.24 bits per heavy atom. The molecule has 0 atom stereocenters. The maximum atomic E-state index is 5.71. The number of thioether (sulfide) groups is 1. The van der Waals surface area contributed by atoms with E-state index in [2.05, 4.69) is 22.1 Å². The summed E-state index contributed by atoms with van der Waals surface area (Å²) in [6.07, 6.45) is 1.45. The van der Waals surface area contributed by atoms with E-state index in [-0.39, 0.29) is 0 Å². The highest BCUT2D eigenvalue weighted by atomic mass is 32.2. The minimum absolute atomic E-state index is 0.373. The summed E-state index contributed by atoms with van der Waals surface area (Å²) in [7, 11) is 1.57. The summed E-state index contributed by atoms with van der Waals surface area (Å²) in [6, 6.07) is 10.2. The Bertz CT molecular complexity index is 490. The Kier molecular flexibility index (Phi) is 3.82. The lowest BCUT2D eigenvalue weighted by Crippen LogP contribution is -1.99. The zero-order valence-corrected chi connectivity index (χ0v) is 10.3. The fraction of sp³-hybridized carbons (Fsp3) is 0.167. The van der Waals surface area contributed by atoms with Gasteiger partial charge in [-0.25, -0.2) is 9.97 Å². The fourth-order valence-electron chi connectivity index (χ4n) is 1.39. The smallest absolute Gasteiger partial charge is 0.193 e. The molecule has 2 aromatic rings. The van der Waals surface area contributed by atoms with Crippen LogP contribution in [0.1, 0.15) is 5.56 Å². The van der Waals surface area contributed by atoms with E-state index >= 15 is 0 Å². The van der Waals surface area contributed by atoms with Crippen LogP contribution >= 0.6 is 11.8 Å². The van der Waals surface area contributed by atoms with Crippen molar-refractivity contribution in [2.24, 2.45) is 0 Å². The molecular weight excluding hydrogens is 234 g/mol. The third kappa shape index (κ3) is 2.88. The van der Waals surface area contributed by atoms with Gasteiger partial charge >= 0.3 is 0 Å². The molecule has 0 amide bonds. The maximum absolute atomic E-state index is 5.71. The third-order valence-corrected chi connectivity index (χ3v) is 3.26. The van der Waals surface area contributed by atoms with Gasteiger partial charge in [-0.15, -0.1) is 0 Å². The van der Waals surface area contributed by atoms with Crippen molar-refractivity contribution in [3.8, 4) is 5.75 Å². The molecule has 0 aliphatic rings. The number of nitrogens with two attached hydrogens (primary N) is 1. The SMILES string of the molecule is COc1c(N)ncnc1SCc1ccccc1. The van der Waals surface area contributed by atoms with E-state index < -0.39 is 0 Å². The van der Waals surface area contributed by atoms with E-state index in [9.17, 15) is 0 Å². The molecule has 0 saturated carbocycles. The predicted molar refractivity (Wildman–Crippen MR) is 69.0 cm³/mol. The largest absolute Gasteiger partial charge is 0.490 e. The first-order valence-corrected chi connectivity index (χ1v) is 6.11. The Morgan fingerprint density at radius 3 is 2.71 bits per heavy atom. The van der Waals surface area contributed by atoms with Gasteiger partial charge in [0.25, 0.3) is 0 Å². The summed E-state index contributed by atoms with van der Waals surface area (Å²) < 4.78 is 5.19. The zero-order chi connectivity index (χ0) is 12.1. The molecule has 0 spiro atoms. The predicted octanol–water partition coefficient (Wildman–Crippen LogP) is 2.36. The molecule has 0 saturated heterocycles. The van der Waals surface area contributed by atoms with Crippen LogP contribution in [0, 0.1) is 0 Å². The standard InChI is InChI=1S/C12H13N3OS/c1-16-10-11(13)14-8-15-12(10)17-7-9-5-3-2-4-6-9/h2-6,8H,7H2,1H3,(H2,13,14,15). The van der Waals surface area contributed by atoms with Crippen LogP contribution in [0.3, 0.4) is 0 Å². The zero-order valence-electron chi connectivity index (χ0n) is 9.46. The van der Waals surface area contributed by atoms with Crippen LogP contribution in [0.2, 0.25) is 0 Å². The molecule has 88 valence electrons. The summed E-state index contributed by atoms with van der Waals surface area (Å²) in [5.74, 6) is 1.75. The molecule has 0 unspecified atom stereocenters. The molecule has 17 heavy (non-hydrogen) atoms. The third-order valence-electron chi connectivity index (χ3n) is 2.22. The number of benzene rings is 1. The van der Waals surface area contributed by atoms with E-state index in [1.54, 1.807) is 18.9 Å². The number of hydrogen-bond acceptors (Lipinski definition) is 5. The van der Waals surface area contributed by atoms with Crippen LogP contribution in [-0.4, -0.2) is 17.1 Å². The van der Waals surface area contributed by atoms with Crippen molar-refractivity contribution in [2.45, 2.75) is 10.8 Å². The minimum atomic E-state index is 0.373. The molecule has 0 bridgehead atoms. The lowest BCUT2D eigenvalue weighted by Gasteiger charge is -2.08. The van der Waals surface area contributed by atoms with Crippen LogP contribution < -0.4 is 10.5 Å². The monoisotopic (exact) mass is 247 g/mol. The number of aromatic nitrogens is 2. The summed E-state index contributed by atoms with van der Waals surface area (Å²) in [5, 5.41) is 0.767. The molecule has 0 radical (unpaired) electrons. The van der Waals surface area contributed by atoms with Gasteiger partial charge in [0.2, 0.25) is 0 Å². The van der Waals surface area contributed by atoms with Gasteiger partial charge < -0.3 is 10.5 Å². The van der Waals surface area contributed by atoms with Crippen molar-refractivity contribution >= 4 is 17.6 Å². The van der Waals surface area contributed by atoms with Crippen LogP contribution in [0.5, 0.6) is 5.75 Å². The number of ether oxygens (including phenoxy) is 1. The number of nitrogens with zero attached hydrogens (tertiary/aromatic N) is 2. The highest BCUT2D eigenvalue weighted by molar-refractivity contribution is 7.98. The van der Waals surface area contributed by atoms with Crippen molar-refractivity contribution in [2.75, 3.05) is 12.8 Å². The second-order valence-electron chi connectivity index (χ2n) is 3.37. The minimum Gasteiger partial charge on any atom is -0.490 e. The lowest BCUT2D eigenvalue weighted by atomic mass is 10.2. The van der Waals surface area contributed by atoms with Gasteiger partial charge in [-0.1, -0.05) is 42.1 Å². The van der Waals surface area contributed by atoms with Gasteiger partial charge in [0.05, 0.1) is 7.11 Å². The lowest BCUT2D eigenvalue weighted by molar-refractivity contribution is 0.401. The molecule has 1 aromatic carbocycles. The second-order valence-corrected chi connectivity index (χ2v) is 4.34. The molecule has 2 rings (SSSR count). The Labute approximate surface area is 104 Å². The van der Waals surface area contributed by atoms with Gasteiger partial charge in [0.1, 0.15) is 11.4 Å².